The van der Waals surface area contributed by atoms with Crippen LogP contribution in [0.15, 0.2) is 42.6 Å². The van der Waals surface area contributed by atoms with E-state index in [-0.39, 0.29) is 6.04 Å². The molecule has 1 aromatic heterocycles. The van der Waals surface area contributed by atoms with Crippen LogP contribution in [0.5, 0.6) is 0 Å². The fraction of sp³-hybridized carbons (Fsp3) is 0.167. The van der Waals surface area contributed by atoms with E-state index in [0.29, 0.717) is 0 Å². The minimum atomic E-state index is 0.0419. The van der Waals surface area contributed by atoms with Gasteiger partial charge in [-0.3, -0.25) is 0 Å². The van der Waals surface area contributed by atoms with Gasteiger partial charge in [-0.05, 0) is 18.6 Å². The molecule has 2 rings (SSSR count). The van der Waals surface area contributed by atoms with Gasteiger partial charge in [0.25, 0.3) is 0 Å². The highest BCUT2D eigenvalue weighted by molar-refractivity contribution is 5.66. The summed E-state index contributed by atoms with van der Waals surface area (Å²) in [6.45, 7) is 1.98. The Morgan fingerprint density at radius 3 is 2.50 bits per heavy atom. The number of nitrogens with two attached hydrogens (primary N) is 1. The van der Waals surface area contributed by atoms with Gasteiger partial charge in [0, 0.05) is 23.5 Å². The van der Waals surface area contributed by atoms with Gasteiger partial charge in [-0.1, -0.05) is 30.3 Å². The van der Waals surface area contributed by atoms with E-state index >= 15 is 0 Å². The molecule has 2 nitrogen and oxygen atoms in total. The Hall–Kier alpha value is -1.54. The van der Waals surface area contributed by atoms with Crippen LogP contribution in [0.2, 0.25) is 0 Å². The molecule has 1 heterocycles. The normalized spacial score (nSPS) is 12.7. The summed E-state index contributed by atoms with van der Waals surface area (Å²) < 4.78 is 0. The first-order chi connectivity index (χ1) is 6.79. The predicted molar refractivity (Wildman–Crippen MR) is 58.8 cm³/mol. The molecule has 0 saturated carbocycles. The number of rotatable bonds is 2. The van der Waals surface area contributed by atoms with Crippen molar-refractivity contribution in [2.24, 2.45) is 5.73 Å². The number of aromatic nitrogens is 1. The third-order valence-corrected chi connectivity index (χ3v) is 2.32. The fourth-order valence-corrected chi connectivity index (χ4v) is 1.63. The van der Waals surface area contributed by atoms with Crippen LogP contribution in [0.1, 0.15) is 18.7 Å². The molecule has 0 radical (unpaired) electrons. The molecule has 1 aromatic carbocycles. The zero-order chi connectivity index (χ0) is 9.97. The van der Waals surface area contributed by atoms with Crippen LogP contribution in [-0.4, -0.2) is 4.98 Å². The highest BCUT2D eigenvalue weighted by atomic mass is 14.8. The molecule has 1 unspecified atom stereocenters. The van der Waals surface area contributed by atoms with Crippen LogP contribution < -0.4 is 5.73 Å². The van der Waals surface area contributed by atoms with Gasteiger partial charge in [0.05, 0.1) is 0 Å². The number of hydrogen-bond donors (Lipinski definition) is 2. The van der Waals surface area contributed by atoms with Crippen LogP contribution in [0.25, 0.3) is 11.1 Å². The van der Waals surface area contributed by atoms with Gasteiger partial charge in [-0.15, -0.1) is 0 Å². The van der Waals surface area contributed by atoms with Crippen molar-refractivity contribution >= 4 is 0 Å². The lowest BCUT2D eigenvalue weighted by atomic mass is 10.0. The molecule has 14 heavy (non-hydrogen) atoms. The van der Waals surface area contributed by atoms with Crippen molar-refractivity contribution in [2.45, 2.75) is 13.0 Å². The first-order valence-electron chi connectivity index (χ1n) is 4.77. The zero-order valence-corrected chi connectivity index (χ0v) is 8.20. The molecule has 0 aliphatic carbocycles. The van der Waals surface area contributed by atoms with Crippen molar-refractivity contribution in [3.63, 3.8) is 0 Å². The number of nitrogens with one attached hydrogen (secondary N) is 1. The van der Waals surface area contributed by atoms with Crippen molar-refractivity contribution in [2.75, 3.05) is 0 Å². The maximum Gasteiger partial charge on any atom is 0.0425 e. The molecular formula is C12H14N2. The first-order valence-corrected chi connectivity index (χ1v) is 4.77. The van der Waals surface area contributed by atoms with Crippen LogP contribution in [0.3, 0.4) is 0 Å². The highest BCUT2D eigenvalue weighted by Gasteiger charge is 2.08. The Morgan fingerprint density at radius 1 is 1.14 bits per heavy atom. The van der Waals surface area contributed by atoms with Gasteiger partial charge in [0.15, 0.2) is 0 Å². The molecule has 0 aliphatic rings. The number of aromatic amines is 1. The SMILES string of the molecule is CC(N)c1[nH]ccc1-c1ccccc1. The van der Waals surface area contributed by atoms with Gasteiger partial charge >= 0.3 is 0 Å². The minimum absolute atomic E-state index is 0.0419. The summed E-state index contributed by atoms with van der Waals surface area (Å²) in [6.07, 6.45) is 1.93. The lowest BCUT2D eigenvalue weighted by molar-refractivity contribution is 0.791. The Kier molecular flexibility index (Phi) is 2.37. The van der Waals surface area contributed by atoms with Gasteiger partial charge in [-0.2, -0.15) is 0 Å². The summed E-state index contributed by atoms with van der Waals surface area (Å²) in [6, 6.07) is 12.4. The van der Waals surface area contributed by atoms with Crippen molar-refractivity contribution in [1.82, 2.24) is 4.98 Å². The number of H-pyrrole nitrogens is 1. The zero-order valence-electron chi connectivity index (χ0n) is 8.20. The molecule has 0 saturated heterocycles. The number of benzene rings is 1. The van der Waals surface area contributed by atoms with Gasteiger partial charge in [0.2, 0.25) is 0 Å². The maximum absolute atomic E-state index is 5.87. The molecule has 0 amide bonds. The van der Waals surface area contributed by atoms with E-state index in [9.17, 15) is 0 Å². The Balaban J connectivity index is 2.47. The molecule has 1 atom stereocenters. The summed E-state index contributed by atoms with van der Waals surface area (Å²) in [5.41, 5.74) is 9.36. The van der Waals surface area contributed by atoms with E-state index < -0.39 is 0 Å². The Morgan fingerprint density at radius 2 is 1.86 bits per heavy atom. The fourth-order valence-electron chi connectivity index (χ4n) is 1.63. The highest BCUT2D eigenvalue weighted by Crippen LogP contribution is 2.25. The molecule has 3 N–H and O–H groups in total. The van der Waals surface area contributed by atoms with Crippen molar-refractivity contribution < 1.29 is 0 Å². The summed E-state index contributed by atoms with van der Waals surface area (Å²) in [4.78, 5) is 3.18. The van der Waals surface area contributed by atoms with E-state index in [1.807, 2.05) is 31.3 Å². The van der Waals surface area contributed by atoms with Gasteiger partial charge in [0.1, 0.15) is 0 Å². The average molecular weight is 186 g/mol. The topological polar surface area (TPSA) is 41.8 Å². The van der Waals surface area contributed by atoms with E-state index in [1.54, 1.807) is 0 Å². The largest absolute Gasteiger partial charge is 0.363 e. The number of hydrogen-bond acceptors (Lipinski definition) is 1. The standard InChI is InChI=1S/C12H14N2/c1-9(13)12-11(7-8-14-12)10-5-3-2-4-6-10/h2-9,14H,13H2,1H3. The Labute approximate surface area is 83.8 Å². The summed E-state index contributed by atoms with van der Waals surface area (Å²) in [7, 11) is 0. The van der Waals surface area contributed by atoms with Crippen LogP contribution in [0.4, 0.5) is 0 Å². The van der Waals surface area contributed by atoms with Crippen molar-refractivity contribution in [1.29, 1.82) is 0 Å². The maximum atomic E-state index is 5.87. The molecule has 2 heteroatoms. The van der Waals surface area contributed by atoms with Crippen LogP contribution >= 0.6 is 0 Å². The van der Waals surface area contributed by atoms with E-state index in [2.05, 4.69) is 23.2 Å². The monoisotopic (exact) mass is 186 g/mol. The second-order valence-corrected chi connectivity index (χ2v) is 3.46. The quantitative estimate of drug-likeness (QED) is 0.744. The molecule has 0 aliphatic heterocycles. The summed E-state index contributed by atoms with van der Waals surface area (Å²) in [5.74, 6) is 0. The van der Waals surface area contributed by atoms with Gasteiger partial charge in [-0.25, -0.2) is 0 Å². The Bertz CT molecular complexity index is 401. The predicted octanol–water partition coefficient (Wildman–Crippen LogP) is 2.70. The van der Waals surface area contributed by atoms with Gasteiger partial charge < -0.3 is 10.7 Å². The van der Waals surface area contributed by atoms with E-state index in [1.165, 1.54) is 11.1 Å². The lowest BCUT2D eigenvalue weighted by Gasteiger charge is -2.07. The van der Waals surface area contributed by atoms with Crippen molar-refractivity contribution in [3.05, 3.63) is 48.3 Å². The third kappa shape index (κ3) is 1.56. The molecule has 0 fully saturated rings. The molecule has 0 bridgehead atoms. The van der Waals surface area contributed by atoms with E-state index in [4.69, 9.17) is 5.73 Å². The molecule has 0 spiro atoms. The van der Waals surface area contributed by atoms with Crippen LogP contribution in [-0.2, 0) is 0 Å². The minimum Gasteiger partial charge on any atom is -0.363 e. The first kappa shape index (κ1) is 9.03. The molecule has 2 aromatic rings. The average Bonchev–Trinajstić information content (AvgIpc) is 2.67. The van der Waals surface area contributed by atoms with E-state index in [0.717, 1.165) is 5.69 Å². The smallest absolute Gasteiger partial charge is 0.0425 e. The van der Waals surface area contributed by atoms with Crippen molar-refractivity contribution in [3.8, 4) is 11.1 Å². The molecular weight excluding hydrogens is 172 g/mol. The van der Waals surface area contributed by atoms with Crippen LogP contribution in [0, 0.1) is 0 Å². The molecule has 72 valence electrons. The summed E-state index contributed by atoms with van der Waals surface area (Å²) >= 11 is 0. The lowest BCUT2D eigenvalue weighted by Crippen LogP contribution is -2.06. The second kappa shape index (κ2) is 3.68. The third-order valence-electron chi connectivity index (χ3n) is 2.32. The second-order valence-electron chi connectivity index (χ2n) is 3.46. The summed E-state index contributed by atoms with van der Waals surface area (Å²) in [5, 5.41) is 0.